The van der Waals surface area contributed by atoms with Gasteiger partial charge in [-0.25, -0.2) is 0 Å². The van der Waals surface area contributed by atoms with Gasteiger partial charge in [-0.15, -0.1) is 5.11 Å². The zero-order valence-electron chi connectivity index (χ0n) is 25.1. The second-order valence-electron chi connectivity index (χ2n) is 9.29. The van der Waals surface area contributed by atoms with Gasteiger partial charge in [0.2, 0.25) is 0 Å². The molecule has 2 aliphatic rings. The monoisotopic (exact) mass is 619 g/mol. The number of carbonyl (C=O) groups is 1. The van der Waals surface area contributed by atoms with E-state index >= 15 is 0 Å². The average molecular weight is 620 g/mol. The number of amides is 1. The Morgan fingerprint density at radius 3 is 1.41 bits per heavy atom. The van der Waals surface area contributed by atoms with Crippen molar-refractivity contribution in [3.63, 3.8) is 0 Å². The minimum atomic E-state index is -0.359. The van der Waals surface area contributed by atoms with Crippen molar-refractivity contribution < 1.29 is 52.2 Å². The number of azo groups is 1. The zero-order chi connectivity index (χ0) is 30.7. The van der Waals surface area contributed by atoms with E-state index in [2.05, 4.69) is 15.5 Å². The third-order valence-corrected chi connectivity index (χ3v) is 6.16. The van der Waals surface area contributed by atoms with Gasteiger partial charge >= 0.3 is 0 Å². The van der Waals surface area contributed by atoms with Crippen LogP contribution in [-0.2, 0) is 28.4 Å². The molecule has 0 bridgehead atoms. The second-order valence-corrected chi connectivity index (χ2v) is 9.29. The van der Waals surface area contributed by atoms with Crippen LogP contribution in [0.4, 0.5) is 11.4 Å². The summed E-state index contributed by atoms with van der Waals surface area (Å²) in [6.45, 7) is 6.33. The Labute approximate surface area is 256 Å². The summed E-state index contributed by atoms with van der Waals surface area (Å²) in [7, 11) is 1.54. The Kier molecular flexibility index (Phi) is 14.9. The molecule has 4 rings (SSSR count). The molecule has 0 atom stereocenters. The molecule has 242 valence electrons. The average Bonchev–Trinajstić information content (AvgIpc) is 3.06. The van der Waals surface area contributed by atoms with E-state index in [1.165, 1.54) is 7.05 Å². The Hall–Kier alpha value is -3.53. The lowest BCUT2D eigenvalue weighted by molar-refractivity contribution is 0.00708. The van der Waals surface area contributed by atoms with Crippen molar-refractivity contribution in [2.75, 3.05) is 113 Å². The first-order valence-corrected chi connectivity index (χ1v) is 14.7. The molecule has 0 saturated heterocycles. The molecule has 0 radical (unpaired) electrons. The molecule has 1 N–H and O–H groups in total. The Bertz CT molecular complexity index is 1180. The molecular weight excluding hydrogens is 578 g/mol. The SMILES string of the molecule is CNC(=O)c1cc2c(cc1N=Nc1ccc3c(c1)OCCOCCOCCOCCO3)OCCOCCOCCOCCO2. The Morgan fingerprint density at radius 1 is 0.523 bits per heavy atom. The predicted octanol–water partition coefficient (Wildman–Crippen LogP) is 3.10. The Balaban J connectivity index is 1.54. The highest BCUT2D eigenvalue weighted by atomic mass is 16.6. The summed E-state index contributed by atoms with van der Waals surface area (Å²) in [6.07, 6.45) is 0. The van der Waals surface area contributed by atoms with Gasteiger partial charge in [0.1, 0.15) is 32.1 Å². The number of carbonyl (C=O) groups excluding carboxylic acids is 1. The van der Waals surface area contributed by atoms with Crippen LogP contribution in [0.1, 0.15) is 10.4 Å². The van der Waals surface area contributed by atoms with Crippen LogP contribution in [0, 0.1) is 0 Å². The number of ether oxygens (including phenoxy) is 10. The molecule has 2 aromatic carbocycles. The van der Waals surface area contributed by atoms with Crippen molar-refractivity contribution in [2.24, 2.45) is 10.2 Å². The van der Waals surface area contributed by atoms with Crippen molar-refractivity contribution in [2.45, 2.75) is 0 Å². The van der Waals surface area contributed by atoms with Gasteiger partial charge in [-0.3, -0.25) is 4.79 Å². The van der Waals surface area contributed by atoms with Crippen LogP contribution >= 0.6 is 0 Å². The molecule has 0 aliphatic carbocycles. The Morgan fingerprint density at radius 2 is 0.932 bits per heavy atom. The highest BCUT2D eigenvalue weighted by Gasteiger charge is 2.18. The number of hydrogen-bond acceptors (Lipinski definition) is 13. The largest absolute Gasteiger partial charge is 0.487 e. The number of hydrogen-bond donors (Lipinski definition) is 1. The second kappa shape index (κ2) is 19.7. The molecule has 2 aromatic rings. The first-order valence-electron chi connectivity index (χ1n) is 14.7. The first-order chi connectivity index (χ1) is 21.7. The third-order valence-electron chi connectivity index (χ3n) is 6.16. The normalized spacial score (nSPS) is 18.7. The van der Waals surface area contributed by atoms with Gasteiger partial charge in [0.05, 0.1) is 90.5 Å². The van der Waals surface area contributed by atoms with Gasteiger partial charge in [0.15, 0.2) is 23.0 Å². The third kappa shape index (κ3) is 11.5. The van der Waals surface area contributed by atoms with Crippen molar-refractivity contribution in [3.8, 4) is 23.0 Å². The summed E-state index contributed by atoms with van der Waals surface area (Å²) < 4.78 is 56.8. The summed E-state index contributed by atoms with van der Waals surface area (Å²) in [5.41, 5.74) is 1.04. The standard InChI is InChI=1S/C30H41N3O11/c1-31-30(34)24-21-28-29(44-19-15-40-11-7-36-6-10-39-14-18-43-28)22-25(24)33-32-23-2-3-26-27(20-23)42-17-13-38-9-5-35-4-8-37-12-16-41-26/h2-3,20-22H,4-19H2,1H3,(H,31,34). The van der Waals surface area contributed by atoms with Crippen LogP contribution in [0.5, 0.6) is 23.0 Å². The quantitative estimate of drug-likeness (QED) is 0.506. The smallest absolute Gasteiger partial charge is 0.253 e. The summed E-state index contributed by atoms with van der Waals surface area (Å²) in [5.74, 6) is 1.43. The van der Waals surface area contributed by atoms with Gasteiger partial charge in [-0.1, -0.05) is 0 Å². The van der Waals surface area contributed by atoms with Crippen LogP contribution in [0.3, 0.4) is 0 Å². The van der Waals surface area contributed by atoms with Crippen molar-refractivity contribution in [1.82, 2.24) is 5.32 Å². The van der Waals surface area contributed by atoms with E-state index in [0.717, 1.165) is 0 Å². The fourth-order valence-corrected chi connectivity index (χ4v) is 4.00. The molecule has 14 nitrogen and oxygen atoms in total. The van der Waals surface area contributed by atoms with E-state index < -0.39 is 0 Å². The molecule has 2 heterocycles. The topological polar surface area (TPSA) is 146 Å². The van der Waals surface area contributed by atoms with E-state index in [4.69, 9.17) is 47.4 Å². The molecule has 44 heavy (non-hydrogen) atoms. The molecule has 2 aliphatic heterocycles. The van der Waals surface area contributed by atoms with E-state index in [9.17, 15) is 4.79 Å². The highest BCUT2D eigenvalue weighted by molar-refractivity contribution is 5.99. The maximum absolute atomic E-state index is 12.8. The lowest BCUT2D eigenvalue weighted by atomic mass is 10.1. The van der Waals surface area contributed by atoms with Crippen LogP contribution in [0.25, 0.3) is 0 Å². The number of nitrogens with zero attached hydrogens (tertiary/aromatic N) is 2. The first kappa shape index (κ1) is 33.4. The van der Waals surface area contributed by atoms with Crippen LogP contribution in [-0.4, -0.2) is 119 Å². The molecule has 0 aromatic heterocycles. The molecule has 0 spiro atoms. The molecular formula is C30H41N3O11. The number of nitrogens with one attached hydrogen (secondary N) is 1. The summed E-state index contributed by atoms with van der Waals surface area (Å²) in [4.78, 5) is 12.8. The molecule has 1 amide bonds. The molecule has 14 heteroatoms. The summed E-state index contributed by atoms with van der Waals surface area (Å²) in [6, 6.07) is 8.41. The fraction of sp³-hybridized carbons (Fsp3) is 0.567. The maximum Gasteiger partial charge on any atom is 0.253 e. The lowest BCUT2D eigenvalue weighted by Gasteiger charge is -2.15. The highest BCUT2D eigenvalue weighted by Crippen LogP contribution is 2.37. The summed E-state index contributed by atoms with van der Waals surface area (Å²) in [5, 5.41) is 11.4. The van der Waals surface area contributed by atoms with Crippen molar-refractivity contribution >= 4 is 17.3 Å². The molecule has 0 saturated carbocycles. The fourth-order valence-electron chi connectivity index (χ4n) is 4.00. The van der Waals surface area contributed by atoms with E-state index in [-0.39, 0.29) is 30.4 Å². The minimum Gasteiger partial charge on any atom is -0.487 e. The van der Waals surface area contributed by atoms with Gasteiger partial charge in [0.25, 0.3) is 5.91 Å². The lowest BCUT2D eigenvalue weighted by Crippen LogP contribution is -2.18. The van der Waals surface area contributed by atoms with Crippen LogP contribution in [0.2, 0.25) is 0 Å². The zero-order valence-corrected chi connectivity index (χ0v) is 25.1. The van der Waals surface area contributed by atoms with Crippen molar-refractivity contribution in [1.29, 1.82) is 0 Å². The minimum absolute atomic E-state index is 0.253. The number of fused-ring (bicyclic) bond motifs is 2. The van der Waals surface area contributed by atoms with Gasteiger partial charge in [-0.05, 0) is 18.2 Å². The van der Waals surface area contributed by atoms with Crippen LogP contribution < -0.4 is 24.3 Å². The molecule has 0 unspecified atom stereocenters. The van der Waals surface area contributed by atoms with Gasteiger partial charge < -0.3 is 52.7 Å². The molecule has 0 fully saturated rings. The maximum atomic E-state index is 12.8. The van der Waals surface area contributed by atoms with Crippen LogP contribution in [0.15, 0.2) is 40.6 Å². The van der Waals surface area contributed by atoms with Crippen molar-refractivity contribution in [3.05, 3.63) is 35.9 Å². The van der Waals surface area contributed by atoms with E-state index in [1.54, 1.807) is 30.3 Å². The van der Waals surface area contributed by atoms with E-state index in [0.29, 0.717) is 121 Å². The van der Waals surface area contributed by atoms with Gasteiger partial charge in [-0.2, -0.15) is 5.11 Å². The summed E-state index contributed by atoms with van der Waals surface area (Å²) >= 11 is 0. The van der Waals surface area contributed by atoms with E-state index in [1.807, 2.05) is 0 Å². The number of benzene rings is 2. The predicted molar refractivity (Wildman–Crippen MR) is 157 cm³/mol. The van der Waals surface area contributed by atoms with Gasteiger partial charge in [0, 0.05) is 19.2 Å². The number of rotatable bonds is 3.